The second-order valence-electron chi connectivity index (χ2n) is 4.24. The maximum atomic E-state index is 2.22. The first kappa shape index (κ1) is 10.1. The normalized spacial score (nSPS) is 13.8. The summed E-state index contributed by atoms with van der Waals surface area (Å²) in [5.41, 5.74) is 5.35. The zero-order valence-electron chi connectivity index (χ0n) is 9.64. The van der Waals surface area contributed by atoms with E-state index >= 15 is 0 Å². The lowest BCUT2D eigenvalue weighted by Gasteiger charge is -2.10. The topological polar surface area (TPSA) is 0 Å². The largest absolute Gasteiger partial charge is 0.0801 e. The SMILES string of the molecule is C1=CCc2ccccc2C(c2ccccc2)=C1. The van der Waals surface area contributed by atoms with Gasteiger partial charge in [0.1, 0.15) is 0 Å². The molecule has 3 rings (SSSR count). The fourth-order valence-electron chi connectivity index (χ4n) is 2.28. The third-order valence-corrected chi connectivity index (χ3v) is 3.13. The van der Waals surface area contributed by atoms with Crippen LogP contribution >= 0.6 is 0 Å². The lowest BCUT2D eigenvalue weighted by molar-refractivity contribution is 1.26. The number of rotatable bonds is 1. The monoisotopic (exact) mass is 218 g/mol. The Labute approximate surface area is 102 Å². The summed E-state index contributed by atoms with van der Waals surface area (Å²) < 4.78 is 0. The van der Waals surface area contributed by atoms with Crippen molar-refractivity contribution in [3.8, 4) is 0 Å². The highest BCUT2D eigenvalue weighted by Crippen LogP contribution is 2.28. The molecule has 0 radical (unpaired) electrons. The Bertz CT molecular complexity index is 574. The minimum Gasteiger partial charge on any atom is -0.0801 e. The molecule has 0 atom stereocenters. The maximum Gasteiger partial charge on any atom is -0.00882 e. The first-order valence-electron chi connectivity index (χ1n) is 5.96. The minimum absolute atomic E-state index is 1.02. The van der Waals surface area contributed by atoms with Crippen molar-refractivity contribution in [3.63, 3.8) is 0 Å². The van der Waals surface area contributed by atoms with E-state index in [0.29, 0.717) is 0 Å². The van der Waals surface area contributed by atoms with Gasteiger partial charge in [0.15, 0.2) is 0 Å². The third kappa shape index (κ3) is 1.94. The molecule has 0 nitrogen and oxygen atoms in total. The molecule has 1 aliphatic rings. The van der Waals surface area contributed by atoms with Crippen molar-refractivity contribution in [2.75, 3.05) is 0 Å². The lowest BCUT2D eigenvalue weighted by atomic mass is 9.94. The molecule has 0 unspecified atom stereocenters. The Hall–Kier alpha value is -2.08. The summed E-state index contributed by atoms with van der Waals surface area (Å²) in [4.78, 5) is 0. The minimum atomic E-state index is 1.02. The summed E-state index contributed by atoms with van der Waals surface area (Å²) in [5, 5.41) is 0. The van der Waals surface area contributed by atoms with Gasteiger partial charge in [-0.05, 0) is 28.7 Å². The molecule has 0 fully saturated rings. The molecule has 0 saturated carbocycles. The van der Waals surface area contributed by atoms with Crippen LogP contribution in [0, 0.1) is 0 Å². The summed E-state index contributed by atoms with van der Waals surface area (Å²) >= 11 is 0. The van der Waals surface area contributed by atoms with Gasteiger partial charge in [0.2, 0.25) is 0 Å². The third-order valence-electron chi connectivity index (χ3n) is 3.13. The lowest BCUT2D eigenvalue weighted by Crippen LogP contribution is -1.92. The van der Waals surface area contributed by atoms with Crippen molar-refractivity contribution < 1.29 is 0 Å². The highest BCUT2D eigenvalue weighted by Gasteiger charge is 2.09. The standard InChI is InChI=1S/C17H14/c1-2-8-14(9-3-1)16-12-6-4-10-15-11-5-7-13-17(15)16/h1-9,11-13H,10H2. The molecule has 82 valence electrons. The Morgan fingerprint density at radius 2 is 1.53 bits per heavy atom. The van der Waals surface area contributed by atoms with Crippen molar-refractivity contribution in [1.29, 1.82) is 0 Å². The second kappa shape index (κ2) is 4.42. The summed E-state index contributed by atoms with van der Waals surface area (Å²) in [6, 6.07) is 19.2. The van der Waals surface area contributed by atoms with E-state index in [1.807, 2.05) is 0 Å². The maximum absolute atomic E-state index is 2.22. The summed E-state index contributed by atoms with van der Waals surface area (Å²) in [7, 11) is 0. The van der Waals surface area contributed by atoms with E-state index in [9.17, 15) is 0 Å². The van der Waals surface area contributed by atoms with Gasteiger partial charge in [-0.3, -0.25) is 0 Å². The number of hydrogen-bond acceptors (Lipinski definition) is 0. The zero-order valence-corrected chi connectivity index (χ0v) is 9.64. The van der Waals surface area contributed by atoms with Gasteiger partial charge in [0, 0.05) is 0 Å². The van der Waals surface area contributed by atoms with Crippen LogP contribution in [0.1, 0.15) is 16.7 Å². The molecule has 2 aromatic rings. The number of hydrogen-bond donors (Lipinski definition) is 0. The van der Waals surface area contributed by atoms with Gasteiger partial charge in [-0.1, -0.05) is 72.8 Å². The molecule has 17 heavy (non-hydrogen) atoms. The van der Waals surface area contributed by atoms with E-state index in [4.69, 9.17) is 0 Å². The van der Waals surface area contributed by atoms with Crippen LogP contribution in [0.2, 0.25) is 0 Å². The first-order valence-corrected chi connectivity index (χ1v) is 5.96. The Kier molecular flexibility index (Phi) is 2.63. The predicted molar refractivity (Wildman–Crippen MR) is 72.8 cm³/mol. The van der Waals surface area contributed by atoms with Crippen molar-refractivity contribution in [2.24, 2.45) is 0 Å². The van der Waals surface area contributed by atoms with E-state index in [2.05, 4.69) is 72.8 Å². The van der Waals surface area contributed by atoms with Gasteiger partial charge in [0.05, 0.1) is 0 Å². The van der Waals surface area contributed by atoms with Gasteiger partial charge < -0.3 is 0 Å². The summed E-state index contributed by atoms with van der Waals surface area (Å²) in [6.07, 6.45) is 7.60. The number of allylic oxidation sites excluding steroid dienone is 3. The van der Waals surface area contributed by atoms with E-state index in [1.54, 1.807) is 0 Å². The molecule has 0 heteroatoms. The van der Waals surface area contributed by atoms with E-state index < -0.39 is 0 Å². The van der Waals surface area contributed by atoms with E-state index in [1.165, 1.54) is 22.3 Å². The van der Waals surface area contributed by atoms with Crippen LogP contribution < -0.4 is 0 Å². The van der Waals surface area contributed by atoms with Crippen LogP contribution in [0.3, 0.4) is 0 Å². The van der Waals surface area contributed by atoms with E-state index in [-0.39, 0.29) is 0 Å². The van der Waals surface area contributed by atoms with Crippen LogP contribution in [-0.4, -0.2) is 0 Å². The van der Waals surface area contributed by atoms with Gasteiger partial charge in [-0.15, -0.1) is 0 Å². The quantitative estimate of drug-likeness (QED) is 0.672. The van der Waals surface area contributed by atoms with Gasteiger partial charge in [-0.25, -0.2) is 0 Å². The summed E-state index contributed by atoms with van der Waals surface area (Å²) in [5.74, 6) is 0. The van der Waals surface area contributed by atoms with Crippen LogP contribution in [0.25, 0.3) is 5.57 Å². The molecule has 0 amide bonds. The van der Waals surface area contributed by atoms with Crippen LogP contribution in [0.15, 0.2) is 72.8 Å². The Morgan fingerprint density at radius 1 is 0.765 bits per heavy atom. The molecule has 0 spiro atoms. The number of benzene rings is 2. The van der Waals surface area contributed by atoms with Crippen LogP contribution in [0.4, 0.5) is 0 Å². The molecule has 0 heterocycles. The highest BCUT2D eigenvalue weighted by atomic mass is 14.1. The predicted octanol–water partition coefficient (Wildman–Crippen LogP) is 4.23. The van der Waals surface area contributed by atoms with Gasteiger partial charge >= 0.3 is 0 Å². The van der Waals surface area contributed by atoms with Crippen LogP contribution in [-0.2, 0) is 6.42 Å². The summed E-state index contributed by atoms with van der Waals surface area (Å²) in [6.45, 7) is 0. The first-order chi connectivity index (χ1) is 8.45. The molecule has 1 aliphatic carbocycles. The van der Waals surface area contributed by atoms with E-state index in [0.717, 1.165) is 6.42 Å². The average molecular weight is 218 g/mol. The van der Waals surface area contributed by atoms with Gasteiger partial charge in [0.25, 0.3) is 0 Å². The fourth-order valence-corrected chi connectivity index (χ4v) is 2.28. The fraction of sp³-hybridized carbons (Fsp3) is 0.0588. The molecule has 0 aromatic heterocycles. The Balaban J connectivity index is 2.18. The molecule has 2 aromatic carbocycles. The molecule has 0 N–H and O–H groups in total. The van der Waals surface area contributed by atoms with Gasteiger partial charge in [-0.2, -0.15) is 0 Å². The number of fused-ring (bicyclic) bond motifs is 1. The molecular formula is C17H14. The molecular weight excluding hydrogens is 204 g/mol. The Morgan fingerprint density at radius 3 is 2.41 bits per heavy atom. The van der Waals surface area contributed by atoms with Crippen molar-refractivity contribution >= 4 is 5.57 Å². The molecule has 0 saturated heterocycles. The second-order valence-corrected chi connectivity index (χ2v) is 4.24. The molecule has 0 aliphatic heterocycles. The van der Waals surface area contributed by atoms with Crippen molar-refractivity contribution in [2.45, 2.75) is 6.42 Å². The van der Waals surface area contributed by atoms with Crippen molar-refractivity contribution in [3.05, 3.63) is 89.5 Å². The average Bonchev–Trinajstić information content (AvgIpc) is 2.62. The molecule has 0 bridgehead atoms. The van der Waals surface area contributed by atoms with Crippen LogP contribution in [0.5, 0.6) is 0 Å². The highest BCUT2D eigenvalue weighted by molar-refractivity contribution is 5.83. The smallest absolute Gasteiger partial charge is 0.00882 e. The zero-order chi connectivity index (χ0) is 11.5. The van der Waals surface area contributed by atoms with Crippen molar-refractivity contribution in [1.82, 2.24) is 0 Å².